The first-order valence-electron chi connectivity index (χ1n) is 7.08. The summed E-state index contributed by atoms with van der Waals surface area (Å²) in [6.07, 6.45) is 0.629. The lowest BCUT2D eigenvalue weighted by Crippen LogP contribution is -2.26. The third-order valence-electron chi connectivity index (χ3n) is 3.11. The lowest BCUT2D eigenvalue weighted by Gasteiger charge is -2.20. The van der Waals surface area contributed by atoms with Crippen molar-refractivity contribution >= 4 is 0 Å². The van der Waals surface area contributed by atoms with Gasteiger partial charge >= 0.3 is 0 Å². The van der Waals surface area contributed by atoms with E-state index in [4.69, 9.17) is 4.74 Å². The number of hydrogen-bond acceptors (Lipinski definition) is 2. The fourth-order valence-corrected chi connectivity index (χ4v) is 2.03. The van der Waals surface area contributed by atoms with Gasteiger partial charge in [0.05, 0.1) is 0 Å². The number of halogens is 2. The van der Waals surface area contributed by atoms with Crippen LogP contribution in [-0.4, -0.2) is 13.1 Å². The first-order chi connectivity index (χ1) is 10.2. The van der Waals surface area contributed by atoms with E-state index >= 15 is 0 Å². The van der Waals surface area contributed by atoms with Crippen molar-refractivity contribution in [3.05, 3.63) is 65.7 Å². The van der Waals surface area contributed by atoms with Gasteiger partial charge in [-0.25, -0.2) is 4.39 Å². The zero-order valence-corrected chi connectivity index (χ0v) is 12.0. The van der Waals surface area contributed by atoms with Gasteiger partial charge < -0.3 is 10.1 Å². The minimum absolute atomic E-state index is 0.0675. The molecule has 21 heavy (non-hydrogen) atoms. The SMILES string of the molecule is CCCNCC(Oc1cccc(F)c1F)c1ccccc1. The fraction of sp³-hybridized carbons (Fsp3) is 0.294. The summed E-state index contributed by atoms with van der Waals surface area (Å²) >= 11 is 0. The van der Waals surface area contributed by atoms with E-state index < -0.39 is 11.6 Å². The van der Waals surface area contributed by atoms with E-state index in [0.29, 0.717) is 6.54 Å². The molecule has 4 heteroatoms. The predicted octanol–water partition coefficient (Wildman–Crippen LogP) is 4.08. The molecule has 0 radical (unpaired) electrons. The summed E-state index contributed by atoms with van der Waals surface area (Å²) in [7, 11) is 0. The van der Waals surface area contributed by atoms with Gasteiger partial charge in [0.25, 0.3) is 0 Å². The van der Waals surface area contributed by atoms with E-state index in [1.54, 1.807) is 0 Å². The van der Waals surface area contributed by atoms with Crippen molar-refractivity contribution in [3.63, 3.8) is 0 Å². The summed E-state index contributed by atoms with van der Waals surface area (Å²) in [5.41, 5.74) is 0.921. The minimum Gasteiger partial charge on any atom is -0.481 e. The molecular formula is C17H19F2NO. The molecule has 0 amide bonds. The molecule has 0 spiro atoms. The first-order valence-corrected chi connectivity index (χ1v) is 7.08. The highest BCUT2D eigenvalue weighted by Gasteiger charge is 2.16. The molecule has 2 aromatic rings. The quantitative estimate of drug-likeness (QED) is 0.776. The second-order valence-corrected chi connectivity index (χ2v) is 4.77. The monoisotopic (exact) mass is 291 g/mol. The van der Waals surface area contributed by atoms with Gasteiger partial charge in [-0.3, -0.25) is 0 Å². The van der Waals surface area contributed by atoms with Crippen molar-refractivity contribution in [2.24, 2.45) is 0 Å². The molecule has 1 unspecified atom stereocenters. The number of nitrogens with one attached hydrogen (secondary N) is 1. The Morgan fingerprint density at radius 2 is 1.81 bits per heavy atom. The van der Waals surface area contributed by atoms with Crippen molar-refractivity contribution < 1.29 is 13.5 Å². The van der Waals surface area contributed by atoms with Crippen LogP contribution in [0.15, 0.2) is 48.5 Å². The molecule has 0 aliphatic heterocycles. The average molecular weight is 291 g/mol. The number of rotatable bonds is 7. The maximum atomic E-state index is 13.7. The normalized spacial score (nSPS) is 12.1. The Morgan fingerprint density at radius 1 is 1.05 bits per heavy atom. The Hall–Kier alpha value is -1.94. The molecule has 1 N–H and O–H groups in total. The average Bonchev–Trinajstić information content (AvgIpc) is 2.51. The maximum absolute atomic E-state index is 13.7. The van der Waals surface area contributed by atoms with Gasteiger partial charge in [0.2, 0.25) is 5.82 Å². The molecular weight excluding hydrogens is 272 g/mol. The standard InChI is InChI=1S/C17H19F2NO/c1-2-11-20-12-16(13-7-4-3-5-8-13)21-15-10-6-9-14(18)17(15)19/h3-10,16,20H,2,11-12H2,1H3. The minimum atomic E-state index is -0.950. The van der Waals surface area contributed by atoms with Gasteiger partial charge in [0.15, 0.2) is 11.6 Å². The molecule has 2 aromatic carbocycles. The summed E-state index contributed by atoms with van der Waals surface area (Å²) < 4.78 is 32.7. The largest absolute Gasteiger partial charge is 0.481 e. The van der Waals surface area contributed by atoms with Crippen LogP contribution in [0.3, 0.4) is 0 Å². The van der Waals surface area contributed by atoms with Crippen LogP contribution < -0.4 is 10.1 Å². The molecule has 2 nitrogen and oxygen atoms in total. The van der Waals surface area contributed by atoms with Crippen LogP contribution in [0, 0.1) is 11.6 Å². The summed E-state index contributed by atoms with van der Waals surface area (Å²) in [6.45, 7) is 3.45. The van der Waals surface area contributed by atoms with E-state index in [1.165, 1.54) is 12.1 Å². The first kappa shape index (κ1) is 15.4. The van der Waals surface area contributed by atoms with Gasteiger partial charge in [-0.05, 0) is 30.7 Å². The predicted molar refractivity (Wildman–Crippen MR) is 79.3 cm³/mol. The van der Waals surface area contributed by atoms with Crippen LogP contribution in [-0.2, 0) is 0 Å². The third-order valence-corrected chi connectivity index (χ3v) is 3.11. The van der Waals surface area contributed by atoms with E-state index in [9.17, 15) is 8.78 Å². The van der Waals surface area contributed by atoms with Crippen LogP contribution >= 0.6 is 0 Å². The number of ether oxygens (including phenoxy) is 1. The Kier molecular flexibility index (Phi) is 5.69. The Bertz CT molecular complexity index is 560. The smallest absolute Gasteiger partial charge is 0.200 e. The van der Waals surface area contributed by atoms with E-state index in [2.05, 4.69) is 12.2 Å². The van der Waals surface area contributed by atoms with Crippen molar-refractivity contribution in [1.82, 2.24) is 5.32 Å². The molecule has 0 aliphatic carbocycles. The van der Waals surface area contributed by atoms with Crippen molar-refractivity contribution in [3.8, 4) is 5.75 Å². The van der Waals surface area contributed by atoms with Gasteiger partial charge in [0, 0.05) is 6.54 Å². The van der Waals surface area contributed by atoms with Crippen LogP contribution in [0.25, 0.3) is 0 Å². The van der Waals surface area contributed by atoms with E-state index in [-0.39, 0.29) is 11.9 Å². The van der Waals surface area contributed by atoms with Gasteiger partial charge in [-0.2, -0.15) is 4.39 Å². The van der Waals surface area contributed by atoms with Crippen LogP contribution in [0.5, 0.6) is 5.75 Å². The van der Waals surface area contributed by atoms with Crippen LogP contribution in [0.2, 0.25) is 0 Å². The second-order valence-electron chi connectivity index (χ2n) is 4.77. The summed E-state index contributed by atoms with van der Waals surface area (Å²) in [4.78, 5) is 0. The molecule has 0 bridgehead atoms. The Morgan fingerprint density at radius 3 is 2.52 bits per heavy atom. The fourth-order valence-electron chi connectivity index (χ4n) is 2.03. The van der Waals surface area contributed by atoms with Crippen LogP contribution in [0.4, 0.5) is 8.78 Å². The summed E-state index contributed by atoms with van der Waals surface area (Å²) in [6, 6.07) is 13.5. The highest BCUT2D eigenvalue weighted by Crippen LogP contribution is 2.25. The molecule has 112 valence electrons. The lowest BCUT2D eigenvalue weighted by molar-refractivity contribution is 0.191. The number of hydrogen-bond donors (Lipinski definition) is 1. The highest BCUT2D eigenvalue weighted by molar-refractivity contribution is 5.27. The molecule has 0 saturated carbocycles. The Balaban J connectivity index is 2.17. The molecule has 1 atom stereocenters. The molecule has 0 saturated heterocycles. The summed E-state index contributed by atoms with van der Waals surface area (Å²) in [5.74, 6) is -1.92. The van der Waals surface area contributed by atoms with Gasteiger partial charge in [-0.15, -0.1) is 0 Å². The van der Waals surface area contributed by atoms with Crippen molar-refractivity contribution in [2.75, 3.05) is 13.1 Å². The molecule has 0 aromatic heterocycles. The molecule has 0 fully saturated rings. The highest BCUT2D eigenvalue weighted by atomic mass is 19.2. The van der Waals surface area contributed by atoms with Crippen molar-refractivity contribution in [1.29, 1.82) is 0 Å². The third kappa shape index (κ3) is 4.26. The Labute approximate surface area is 123 Å². The number of benzene rings is 2. The lowest BCUT2D eigenvalue weighted by atomic mass is 10.1. The van der Waals surface area contributed by atoms with Crippen LogP contribution in [0.1, 0.15) is 25.0 Å². The zero-order valence-electron chi connectivity index (χ0n) is 12.0. The van der Waals surface area contributed by atoms with E-state index in [1.807, 2.05) is 30.3 Å². The maximum Gasteiger partial charge on any atom is 0.200 e. The van der Waals surface area contributed by atoms with Gasteiger partial charge in [0.1, 0.15) is 6.10 Å². The molecule has 0 aliphatic rings. The molecule has 2 rings (SSSR count). The van der Waals surface area contributed by atoms with Gasteiger partial charge in [-0.1, -0.05) is 43.3 Å². The van der Waals surface area contributed by atoms with Crippen molar-refractivity contribution in [2.45, 2.75) is 19.4 Å². The molecule has 0 heterocycles. The van der Waals surface area contributed by atoms with E-state index in [0.717, 1.165) is 24.6 Å². The summed E-state index contributed by atoms with van der Waals surface area (Å²) in [5, 5.41) is 3.25. The second kappa shape index (κ2) is 7.74. The zero-order chi connectivity index (χ0) is 15.1. The topological polar surface area (TPSA) is 21.3 Å².